The summed E-state index contributed by atoms with van der Waals surface area (Å²) in [5.41, 5.74) is 0. The second-order valence-corrected chi connectivity index (χ2v) is 3.32. The molecule has 0 aromatic carbocycles. The molecule has 0 saturated carbocycles. The number of nitrogens with one attached hydrogen (secondary N) is 3. The Kier molecular flexibility index (Phi) is 4.20. The third-order valence-corrected chi connectivity index (χ3v) is 2.13. The number of amides is 2. The highest BCUT2D eigenvalue weighted by Crippen LogP contribution is 1.91. The van der Waals surface area contributed by atoms with Crippen LogP contribution in [0.2, 0.25) is 0 Å². The molecule has 0 radical (unpaired) electrons. The zero-order chi connectivity index (χ0) is 12.1. The van der Waals surface area contributed by atoms with Crippen LogP contribution in [0.15, 0.2) is 0 Å². The van der Waals surface area contributed by atoms with Crippen LogP contribution in [0, 0.1) is 0 Å². The minimum atomic E-state index is -1.33. The van der Waals surface area contributed by atoms with E-state index in [1.54, 1.807) is 0 Å². The first-order valence-electron chi connectivity index (χ1n) is 4.68. The maximum Gasteiger partial charge on any atom is 0.328 e. The van der Waals surface area contributed by atoms with Crippen molar-refractivity contribution in [3.8, 4) is 0 Å². The Morgan fingerprint density at radius 2 is 2.25 bits per heavy atom. The van der Waals surface area contributed by atoms with Crippen molar-refractivity contribution >= 4 is 17.8 Å². The lowest BCUT2D eigenvalue weighted by molar-refractivity contribution is -0.143. The summed E-state index contributed by atoms with van der Waals surface area (Å²) < 4.78 is 0. The monoisotopic (exact) mass is 231 g/mol. The number of piperazine rings is 1. The van der Waals surface area contributed by atoms with Gasteiger partial charge in [0.2, 0.25) is 11.8 Å². The van der Waals surface area contributed by atoms with Crippen molar-refractivity contribution in [1.82, 2.24) is 16.0 Å². The van der Waals surface area contributed by atoms with E-state index in [0.717, 1.165) is 0 Å². The molecule has 16 heavy (non-hydrogen) atoms. The molecular formula is C8H13N3O5. The molecule has 2 amide bonds. The van der Waals surface area contributed by atoms with Crippen LogP contribution in [0.1, 0.15) is 0 Å². The molecule has 1 heterocycles. The summed E-state index contributed by atoms with van der Waals surface area (Å²) in [4.78, 5) is 32.8. The second-order valence-electron chi connectivity index (χ2n) is 3.32. The Morgan fingerprint density at radius 1 is 1.56 bits per heavy atom. The first-order valence-corrected chi connectivity index (χ1v) is 4.68. The van der Waals surface area contributed by atoms with Gasteiger partial charge in [-0.15, -0.1) is 0 Å². The molecule has 2 atom stereocenters. The fraction of sp³-hybridized carbons (Fsp3) is 0.625. The van der Waals surface area contributed by atoms with Gasteiger partial charge in [-0.25, -0.2) is 4.79 Å². The van der Waals surface area contributed by atoms with Gasteiger partial charge in [-0.05, 0) is 0 Å². The Morgan fingerprint density at radius 3 is 2.69 bits per heavy atom. The maximum absolute atomic E-state index is 11.5. The van der Waals surface area contributed by atoms with Gasteiger partial charge in [0.25, 0.3) is 0 Å². The predicted octanol–water partition coefficient (Wildman–Crippen LogP) is -3.36. The fourth-order valence-electron chi connectivity index (χ4n) is 1.21. The minimum Gasteiger partial charge on any atom is -0.480 e. The number of carbonyl (C=O) groups excluding carboxylic acids is 2. The number of hydrogen-bond donors (Lipinski definition) is 5. The number of aliphatic carboxylic acids is 1. The van der Waals surface area contributed by atoms with Gasteiger partial charge in [0.1, 0.15) is 12.1 Å². The fourth-order valence-corrected chi connectivity index (χ4v) is 1.21. The normalized spacial score (nSPS) is 22.1. The molecule has 0 aromatic rings. The molecule has 90 valence electrons. The zero-order valence-electron chi connectivity index (χ0n) is 8.40. The van der Waals surface area contributed by atoms with Gasteiger partial charge in [0.05, 0.1) is 13.2 Å². The number of hydrogen-bond acceptors (Lipinski definition) is 5. The molecule has 8 heteroatoms. The molecule has 0 aromatic heterocycles. The summed E-state index contributed by atoms with van der Waals surface area (Å²) in [5.74, 6) is -2.10. The van der Waals surface area contributed by atoms with E-state index in [1.165, 1.54) is 0 Å². The average molecular weight is 231 g/mol. The molecule has 1 aliphatic rings. The smallest absolute Gasteiger partial charge is 0.328 e. The van der Waals surface area contributed by atoms with Gasteiger partial charge in [-0.1, -0.05) is 0 Å². The lowest BCUT2D eigenvalue weighted by Crippen LogP contribution is -2.60. The van der Waals surface area contributed by atoms with Gasteiger partial charge in [-0.2, -0.15) is 0 Å². The molecule has 2 unspecified atom stereocenters. The van der Waals surface area contributed by atoms with E-state index >= 15 is 0 Å². The van der Waals surface area contributed by atoms with E-state index in [9.17, 15) is 14.4 Å². The van der Waals surface area contributed by atoms with E-state index in [-0.39, 0.29) is 19.0 Å². The van der Waals surface area contributed by atoms with Crippen LogP contribution in [0.3, 0.4) is 0 Å². The van der Waals surface area contributed by atoms with Crippen LogP contribution in [0.25, 0.3) is 0 Å². The number of carbonyl (C=O) groups is 3. The lowest BCUT2D eigenvalue weighted by Gasteiger charge is -2.24. The lowest BCUT2D eigenvalue weighted by atomic mass is 10.2. The number of aliphatic hydroxyl groups is 1. The molecule has 1 saturated heterocycles. The molecule has 1 rings (SSSR count). The number of carboxylic acids is 1. The first-order chi connectivity index (χ1) is 7.54. The van der Waals surface area contributed by atoms with Crippen molar-refractivity contribution in [2.75, 3.05) is 19.7 Å². The van der Waals surface area contributed by atoms with Crippen LogP contribution in [0.5, 0.6) is 0 Å². The summed E-state index contributed by atoms with van der Waals surface area (Å²) in [5, 5.41) is 24.5. The Bertz CT molecular complexity index is 296. The molecule has 0 bridgehead atoms. The SMILES string of the molecule is O=C1CNC(C(=O)NC(CO)C(=O)O)CN1. The molecule has 0 spiro atoms. The molecule has 0 aliphatic carbocycles. The first kappa shape index (κ1) is 12.4. The predicted molar refractivity (Wildman–Crippen MR) is 51.5 cm³/mol. The Balaban J connectivity index is 2.45. The van der Waals surface area contributed by atoms with Crippen LogP contribution < -0.4 is 16.0 Å². The van der Waals surface area contributed by atoms with Gasteiger partial charge in [-0.3, -0.25) is 14.9 Å². The molecule has 1 fully saturated rings. The number of aliphatic hydroxyl groups excluding tert-OH is 1. The van der Waals surface area contributed by atoms with Crippen molar-refractivity contribution in [1.29, 1.82) is 0 Å². The highest BCUT2D eigenvalue weighted by molar-refractivity contribution is 5.89. The minimum absolute atomic E-state index is 0.00888. The van der Waals surface area contributed by atoms with E-state index in [1.807, 2.05) is 0 Å². The zero-order valence-corrected chi connectivity index (χ0v) is 8.40. The summed E-state index contributed by atoms with van der Waals surface area (Å²) in [6, 6.07) is -2.00. The summed E-state index contributed by atoms with van der Waals surface area (Å²) in [7, 11) is 0. The number of carboxylic acid groups (broad SMARTS) is 1. The quantitative estimate of drug-likeness (QED) is 0.344. The maximum atomic E-state index is 11.5. The largest absolute Gasteiger partial charge is 0.480 e. The molecule has 8 nitrogen and oxygen atoms in total. The van der Waals surface area contributed by atoms with Crippen LogP contribution in [-0.2, 0) is 14.4 Å². The highest BCUT2D eigenvalue weighted by atomic mass is 16.4. The van der Waals surface area contributed by atoms with Crippen molar-refractivity contribution in [3.05, 3.63) is 0 Å². The third kappa shape index (κ3) is 3.17. The van der Waals surface area contributed by atoms with E-state index in [0.29, 0.717) is 0 Å². The van der Waals surface area contributed by atoms with E-state index < -0.39 is 30.6 Å². The standard InChI is InChI=1S/C8H13N3O5/c12-3-5(8(15)16)11-7(14)4-1-10-6(13)2-9-4/h4-5,9,12H,1-3H2,(H,10,13)(H,11,14)(H,15,16). The van der Waals surface area contributed by atoms with E-state index in [2.05, 4.69) is 16.0 Å². The summed E-state index contributed by atoms with van der Waals surface area (Å²) >= 11 is 0. The Hall–Kier alpha value is -1.67. The Labute approximate surface area is 91.0 Å². The summed E-state index contributed by atoms with van der Waals surface area (Å²) in [6.45, 7) is -0.572. The average Bonchev–Trinajstić information content (AvgIpc) is 2.26. The molecule has 1 aliphatic heterocycles. The van der Waals surface area contributed by atoms with Gasteiger partial charge < -0.3 is 20.8 Å². The van der Waals surface area contributed by atoms with Crippen molar-refractivity contribution in [2.45, 2.75) is 12.1 Å². The third-order valence-electron chi connectivity index (χ3n) is 2.13. The van der Waals surface area contributed by atoms with E-state index in [4.69, 9.17) is 10.2 Å². The molecular weight excluding hydrogens is 218 g/mol. The van der Waals surface area contributed by atoms with Crippen molar-refractivity contribution < 1.29 is 24.6 Å². The van der Waals surface area contributed by atoms with Crippen molar-refractivity contribution in [3.63, 3.8) is 0 Å². The second kappa shape index (κ2) is 5.42. The molecule has 5 N–H and O–H groups in total. The topological polar surface area (TPSA) is 128 Å². The summed E-state index contributed by atoms with van der Waals surface area (Å²) in [6.07, 6.45) is 0. The van der Waals surface area contributed by atoms with Crippen molar-refractivity contribution in [2.24, 2.45) is 0 Å². The van der Waals surface area contributed by atoms with Gasteiger partial charge in [0, 0.05) is 6.54 Å². The number of rotatable bonds is 4. The highest BCUT2D eigenvalue weighted by Gasteiger charge is 2.27. The van der Waals surface area contributed by atoms with Crippen LogP contribution in [-0.4, -0.2) is 59.8 Å². The van der Waals surface area contributed by atoms with Gasteiger partial charge >= 0.3 is 5.97 Å². The van der Waals surface area contributed by atoms with Crippen LogP contribution in [0.4, 0.5) is 0 Å². The van der Waals surface area contributed by atoms with Gasteiger partial charge in [0.15, 0.2) is 0 Å². The van der Waals surface area contributed by atoms with Crippen LogP contribution >= 0.6 is 0 Å².